The average molecular weight is 794 g/mol. The normalized spacial score (nSPS) is 22.6. The standard InChI is InChI=1S/C40H75NO12S/c1-3-5-7-9-11-13-15-16-17-18-19-21-23-25-27-29-34(44)39(47)41-32(33(43)28-26-24-22-20-14-12-10-8-6-4-2)31-51-40-37(46)38(53-54(48,49)50)36(45)35(30-42)52-40/h14,20,26,28,32-38,40,42-46H,3-13,15-19,21-25,27,29-31H2,1-2H3,(H,41,47)(H,48,49,50)/b20-14+,28-26+. The number of ether oxygens (including phenoxy) is 2. The molecule has 0 saturated carbocycles. The van der Waals surface area contributed by atoms with Gasteiger partial charge in [-0.15, -0.1) is 0 Å². The van der Waals surface area contributed by atoms with E-state index in [2.05, 4.69) is 35.5 Å². The second-order valence-electron chi connectivity index (χ2n) is 14.7. The zero-order chi connectivity index (χ0) is 40.0. The predicted molar refractivity (Wildman–Crippen MR) is 210 cm³/mol. The molecular weight excluding hydrogens is 719 g/mol. The van der Waals surface area contributed by atoms with Crippen LogP contribution in [-0.2, 0) is 28.9 Å². The Labute approximate surface area is 325 Å². The fraction of sp³-hybridized carbons (Fsp3) is 0.875. The number of carbonyl (C=O) groups is 1. The molecule has 54 heavy (non-hydrogen) atoms. The lowest BCUT2D eigenvalue weighted by Crippen LogP contribution is -2.61. The van der Waals surface area contributed by atoms with Crippen LogP contribution in [0.3, 0.4) is 0 Å². The van der Waals surface area contributed by atoms with Crippen molar-refractivity contribution in [1.82, 2.24) is 5.32 Å². The van der Waals surface area contributed by atoms with E-state index in [0.29, 0.717) is 12.8 Å². The number of aliphatic hydroxyl groups excluding tert-OH is 5. The molecule has 0 bridgehead atoms. The molecule has 0 aromatic carbocycles. The van der Waals surface area contributed by atoms with Gasteiger partial charge in [-0.3, -0.25) is 9.35 Å². The number of aliphatic hydroxyl groups is 5. The largest absolute Gasteiger partial charge is 0.397 e. The van der Waals surface area contributed by atoms with Gasteiger partial charge in [0.05, 0.1) is 25.4 Å². The van der Waals surface area contributed by atoms with Crippen molar-refractivity contribution in [3.05, 3.63) is 24.3 Å². The monoisotopic (exact) mass is 794 g/mol. The lowest BCUT2D eigenvalue weighted by molar-refractivity contribution is -0.298. The molecule has 0 spiro atoms. The lowest BCUT2D eigenvalue weighted by atomic mass is 9.99. The summed E-state index contributed by atoms with van der Waals surface area (Å²) in [6.45, 7) is 3.13. The van der Waals surface area contributed by atoms with Crippen molar-refractivity contribution >= 4 is 16.3 Å². The summed E-state index contributed by atoms with van der Waals surface area (Å²) < 4.78 is 47.3. The van der Waals surface area contributed by atoms with E-state index in [9.17, 15) is 38.7 Å². The summed E-state index contributed by atoms with van der Waals surface area (Å²) in [5.41, 5.74) is 0. The van der Waals surface area contributed by atoms with E-state index in [1.807, 2.05) is 0 Å². The van der Waals surface area contributed by atoms with Crippen LogP contribution in [0.25, 0.3) is 0 Å². The third kappa shape index (κ3) is 24.2. The predicted octanol–water partition coefficient (Wildman–Crippen LogP) is 5.96. The molecule has 1 rings (SSSR count). The van der Waals surface area contributed by atoms with E-state index >= 15 is 0 Å². The average Bonchev–Trinajstić information content (AvgIpc) is 3.14. The summed E-state index contributed by atoms with van der Waals surface area (Å²) >= 11 is 0. The molecule has 1 fully saturated rings. The van der Waals surface area contributed by atoms with Crippen LogP contribution in [0.1, 0.15) is 162 Å². The molecule has 8 unspecified atom stereocenters. The number of allylic oxidation sites excluding steroid dienone is 3. The number of rotatable bonds is 34. The van der Waals surface area contributed by atoms with Crippen LogP contribution in [0.15, 0.2) is 24.3 Å². The highest BCUT2D eigenvalue weighted by Gasteiger charge is 2.48. The van der Waals surface area contributed by atoms with Gasteiger partial charge in [0.1, 0.15) is 30.5 Å². The highest BCUT2D eigenvalue weighted by atomic mass is 32.3. The van der Waals surface area contributed by atoms with Gasteiger partial charge in [0, 0.05) is 0 Å². The quantitative estimate of drug-likeness (QED) is 0.0229. The van der Waals surface area contributed by atoms with Crippen LogP contribution < -0.4 is 5.32 Å². The molecule has 0 aromatic heterocycles. The Morgan fingerprint density at radius 2 is 1.24 bits per heavy atom. The van der Waals surface area contributed by atoms with E-state index in [0.717, 1.165) is 38.5 Å². The zero-order valence-electron chi connectivity index (χ0n) is 33.1. The minimum absolute atomic E-state index is 0.240. The van der Waals surface area contributed by atoms with Gasteiger partial charge in [-0.25, -0.2) is 4.18 Å². The Hall–Kier alpha value is -1.46. The molecular formula is C40H75NO12S. The molecule has 1 saturated heterocycles. The van der Waals surface area contributed by atoms with Crippen LogP contribution in [-0.4, -0.2) is 107 Å². The Balaban J connectivity index is 2.64. The Kier molecular flexibility index (Phi) is 29.6. The van der Waals surface area contributed by atoms with Gasteiger partial charge < -0.3 is 40.3 Å². The number of hydrogen-bond donors (Lipinski definition) is 7. The summed E-state index contributed by atoms with van der Waals surface area (Å²) in [4.78, 5) is 13.0. The number of hydrogen-bond acceptors (Lipinski definition) is 11. The van der Waals surface area contributed by atoms with Gasteiger partial charge in [-0.2, -0.15) is 8.42 Å². The third-order valence-electron chi connectivity index (χ3n) is 9.84. The van der Waals surface area contributed by atoms with Crippen molar-refractivity contribution in [2.75, 3.05) is 13.2 Å². The van der Waals surface area contributed by atoms with Crippen molar-refractivity contribution in [2.45, 2.75) is 210 Å². The molecule has 0 aromatic rings. The summed E-state index contributed by atoms with van der Waals surface area (Å²) in [5, 5.41) is 54.9. The molecule has 13 nitrogen and oxygen atoms in total. The highest BCUT2D eigenvalue weighted by Crippen LogP contribution is 2.26. The third-order valence-corrected chi connectivity index (χ3v) is 10.3. The maximum absolute atomic E-state index is 13.0. The Morgan fingerprint density at radius 3 is 1.78 bits per heavy atom. The summed E-state index contributed by atoms with van der Waals surface area (Å²) in [7, 11) is -5.11. The smallest absolute Gasteiger partial charge is 0.394 e. The van der Waals surface area contributed by atoms with Crippen molar-refractivity contribution < 1.29 is 57.0 Å². The van der Waals surface area contributed by atoms with E-state index in [4.69, 9.17) is 14.0 Å². The number of nitrogens with one attached hydrogen (secondary N) is 1. The molecule has 1 aliphatic rings. The number of unbranched alkanes of at least 4 members (excludes halogenated alkanes) is 19. The fourth-order valence-electron chi connectivity index (χ4n) is 6.47. The van der Waals surface area contributed by atoms with Crippen LogP contribution in [0.2, 0.25) is 0 Å². The van der Waals surface area contributed by atoms with E-state index < -0.39 is 78.5 Å². The van der Waals surface area contributed by atoms with Gasteiger partial charge in [-0.1, -0.05) is 154 Å². The van der Waals surface area contributed by atoms with Gasteiger partial charge >= 0.3 is 10.4 Å². The van der Waals surface area contributed by atoms with Gasteiger partial charge in [0.25, 0.3) is 0 Å². The molecule has 0 radical (unpaired) electrons. The summed E-state index contributed by atoms with van der Waals surface area (Å²) in [6, 6.07) is -1.13. The van der Waals surface area contributed by atoms with Crippen LogP contribution in [0.5, 0.6) is 0 Å². The molecule has 7 N–H and O–H groups in total. The first-order chi connectivity index (χ1) is 25.9. The fourth-order valence-corrected chi connectivity index (χ4v) is 6.98. The van der Waals surface area contributed by atoms with E-state index in [1.54, 1.807) is 6.08 Å². The number of carbonyl (C=O) groups excluding carboxylic acids is 1. The SMILES string of the molecule is CCCCCC/C=C/CC/C=C/C(O)C(COC1OC(CO)C(O)C(OS(=O)(=O)O)C1O)NC(=O)C(O)CCCCCCCCCCCCCCCCC. The molecule has 1 amide bonds. The lowest BCUT2D eigenvalue weighted by Gasteiger charge is -2.41. The maximum atomic E-state index is 13.0. The Morgan fingerprint density at radius 1 is 0.741 bits per heavy atom. The van der Waals surface area contributed by atoms with Crippen molar-refractivity contribution in [1.29, 1.82) is 0 Å². The second kappa shape index (κ2) is 31.6. The maximum Gasteiger partial charge on any atom is 0.397 e. The van der Waals surface area contributed by atoms with Crippen LogP contribution in [0.4, 0.5) is 0 Å². The zero-order valence-corrected chi connectivity index (χ0v) is 34.0. The highest BCUT2D eigenvalue weighted by molar-refractivity contribution is 7.80. The molecule has 1 heterocycles. The molecule has 0 aliphatic carbocycles. The minimum atomic E-state index is -5.11. The summed E-state index contributed by atoms with van der Waals surface area (Å²) in [5.74, 6) is -0.714. The topological polar surface area (TPSA) is 212 Å². The molecule has 1 aliphatic heterocycles. The first-order valence-corrected chi connectivity index (χ1v) is 22.2. The number of amides is 1. The first-order valence-electron chi connectivity index (χ1n) is 20.8. The molecule has 318 valence electrons. The van der Waals surface area contributed by atoms with Crippen LogP contribution in [0, 0.1) is 0 Å². The minimum Gasteiger partial charge on any atom is -0.394 e. The van der Waals surface area contributed by atoms with Gasteiger partial charge in [-0.05, 0) is 32.1 Å². The van der Waals surface area contributed by atoms with Gasteiger partial charge in [0.2, 0.25) is 5.91 Å². The van der Waals surface area contributed by atoms with Crippen LogP contribution >= 0.6 is 0 Å². The van der Waals surface area contributed by atoms with E-state index in [1.165, 1.54) is 96.0 Å². The molecule has 8 atom stereocenters. The summed E-state index contributed by atoms with van der Waals surface area (Å²) in [6.07, 6.45) is 21.4. The Bertz CT molecular complexity index is 1090. The first kappa shape index (κ1) is 50.6. The van der Waals surface area contributed by atoms with Crippen molar-refractivity contribution in [3.63, 3.8) is 0 Å². The second-order valence-corrected chi connectivity index (χ2v) is 15.8. The van der Waals surface area contributed by atoms with Gasteiger partial charge in [0.15, 0.2) is 6.29 Å². The molecule has 14 heteroatoms. The van der Waals surface area contributed by atoms with E-state index in [-0.39, 0.29) is 6.42 Å². The van der Waals surface area contributed by atoms with Crippen molar-refractivity contribution in [3.8, 4) is 0 Å². The van der Waals surface area contributed by atoms with Crippen molar-refractivity contribution in [2.24, 2.45) is 0 Å².